The average Bonchev–Trinajstić information content (AvgIpc) is 2.88. The Hall–Kier alpha value is -1.21. The van der Waals surface area contributed by atoms with Crippen LogP contribution in [0.2, 0.25) is 5.15 Å². The van der Waals surface area contributed by atoms with Crippen molar-refractivity contribution >= 4 is 28.6 Å². The van der Waals surface area contributed by atoms with Gasteiger partial charge in [-0.2, -0.15) is 0 Å². The van der Waals surface area contributed by atoms with Gasteiger partial charge in [-0.15, -0.1) is 11.3 Å². The molecule has 1 atom stereocenters. The highest BCUT2D eigenvalue weighted by Gasteiger charge is 2.21. The lowest BCUT2D eigenvalue weighted by atomic mass is 10.1. The summed E-state index contributed by atoms with van der Waals surface area (Å²) in [5, 5.41) is 25.4. The molecule has 0 aromatic carbocycles. The van der Waals surface area contributed by atoms with E-state index >= 15 is 0 Å². The minimum absolute atomic E-state index is 0.0935. The standard InChI is InChI=1S/C15H20ClN3O2S/c1-9(4-5-20)18-11-6-13(16)17-7-10(11)14-19-12(8-22-14)15(2,3)21/h6-9,20-21H,4-5H2,1-3H3,(H,17,18). The van der Waals surface area contributed by atoms with Crippen molar-refractivity contribution < 1.29 is 10.2 Å². The highest BCUT2D eigenvalue weighted by molar-refractivity contribution is 7.13. The molecule has 0 saturated carbocycles. The van der Waals surface area contributed by atoms with E-state index in [-0.39, 0.29) is 12.6 Å². The van der Waals surface area contributed by atoms with E-state index in [0.29, 0.717) is 17.3 Å². The molecule has 120 valence electrons. The van der Waals surface area contributed by atoms with Gasteiger partial charge < -0.3 is 15.5 Å². The lowest BCUT2D eigenvalue weighted by Gasteiger charge is -2.17. The molecule has 2 aromatic rings. The van der Waals surface area contributed by atoms with Crippen molar-refractivity contribution in [3.63, 3.8) is 0 Å². The molecule has 2 aromatic heterocycles. The molecule has 5 nitrogen and oxygen atoms in total. The van der Waals surface area contributed by atoms with Gasteiger partial charge in [0.15, 0.2) is 0 Å². The Bertz CT molecular complexity index is 640. The maximum atomic E-state index is 10.0. The molecule has 0 amide bonds. The van der Waals surface area contributed by atoms with Gasteiger partial charge in [-0.05, 0) is 33.3 Å². The molecule has 0 spiro atoms. The second-order valence-electron chi connectivity index (χ2n) is 5.71. The lowest BCUT2D eigenvalue weighted by molar-refractivity contribution is 0.0746. The summed E-state index contributed by atoms with van der Waals surface area (Å²) in [5.74, 6) is 0. The van der Waals surface area contributed by atoms with Gasteiger partial charge in [-0.3, -0.25) is 0 Å². The molecule has 0 fully saturated rings. The highest BCUT2D eigenvalue weighted by Crippen LogP contribution is 2.34. The van der Waals surface area contributed by atoms with Crippen molar-refractivity contribution in [1.29, 1.82) is 0 Å². The monoisotopic (exact) mass is 341 g/mol. The first kappa shape index (κ1) is 17.1. The number of pyridine rings is 1. The number of aromatic nitrogens is 2. The lowest BCUT2D eigenvalue weighted by Crippen LogP contribution is -2.17. The molecule has 0 saturated heterocycles. The summed E-state index contributed by atoms with van der Waals surface area (Å²) >= 11 is 7.43. The van der Waals surface area contributed by atoms with Gasteiger partial charge in [-0.25, -0.2) is 9.97 Å². The van der Waals surface area contributed by atoms with Crippen LogP contribution >= 0.6 is 22.9 Å². The molecular weight excluding hydrogens is 322 g/mol. The van der Waals surface area contributed by atoms with E-state index in [4.69, 9.17) is 16.7 Å². The number of halogens is 1. The summed E-state index contributed by atoms with van der Waals surface area (Å²) in [6, 6.07) is 1.84. The largest absolute Gasteiger partial charge is 0.396 e. The van der Waals surface area contributed by atoms with Crippen LogP contribution in [0.25, 0.3) is 10.6 Å². The second kappa shape index (κ2) is 6.91. The SMILES string of the molecule is CC(CCO)Nc1cc(Cl)ncc1-c1nc(C(C)(C)O)cs1. The van der Waals surface area contributed by atoms with Gasteiger partial charge in [0.25, 0.3) is 0 Å². The summed E-state index contributed by atoms with van der Waals surface area (Å²) in [5.41, 5.74) is 1.29. The molecule has 0 aliphatic carbocycles. The van der Waals surface area contributed by atoms with E-state index in [1.807, 2.05) is 12.3 Å². The first-order valence-electron chi connectivity index (χ1n) is 7.03. The predicted octanol–water partition coefficient (Wildman–Crippen LogP) is 3.27. The average molecular weight is 342 g/mol. The Morgan fingerprint density at radius 3 is 2.77 bits per heavy atom. The number of aliphatic hydroxyl groups excluding tert-OH is 1. The Kier molecular flexibility index (Phi) is 5.39. The number of aliphatic hydroxyl groups is 2. The summed E-state index contributed by atoms with van der Waals surface area (Å²) in [6.07, 6.45) is 2.30. The molecule has 3 N–H and O–H groups in total. The molecule has 0 bridgehead atoms. The van der Waals surface area contributed by atoms with E-state index < -0.39 is 5.60 Å². The summed E-state index contributed by atoms with van der Waals surface area (Å²) < 4.78 is 0. The number of anilines is 1. The van der Waals surface area contributed by atoms with Crippen LogP contribution in [0, 0.1) is 0 Å². The number of rotatable bonds is 6. The zero-order chi connectivity index (χ0) is 16.3. The van der Waals surface area contributed by atoms with Gasteiger partial charge in [-0.1, -0.05) is 11.6 Å². The number of thiazole rings is 1. The normalized spacial score (nSPS) is 13.2. The van der Waals surface area contributed by atoms with Crippen LogP contribution in [0.15, 0.2) is 17.6 Å². The Morgan fingerprint density at radius 2 is 2.18 bits per heavy atom. The number of hydrogen-bond acceptors (Lipinski definition) is 6. The molecule has 2 heterocycles. The van der Waals surface area contributed by atoms with Gasteiger partial charge in [0.2, 0.25) is 0 Å². The fraction of sp³-hybridized carbons (Fsp3) is 0.467. The van der Waals surface area contributed by atoms with Gasteiger partial charge in [0.05, 0.1) is 11.3 Å². The minimum Gasteiger partial charge on any atom is -0.396 e. The molecule has 1 unspecified atom stereocenters. The van der Waals surface area contributed by atoms with Crippen molar-refractivity contribution in [3.05, 3.63) is 28.5 Å². The quantitative estimate of drug-likeness (QED) is 0.703. The summed E-state index contributed by atoms with van der Waals surface area (Å²) in [4.78, 5) is 8.61. The van der Waals surface area contributed by atoms with Crippen LogP contribution in [-0.2, 0) is 5.60 Å². The fourth-order valence-corrected chi connectivity index (χ4v) is 3.09. The minimum atomic E-state index is -0.980. The summed E-state index contributed by atoms with van der Waals surface area (Å²) in [7, 11) is 0. The predicted molar refractivity (Wildman–Crippen MR) is 90.4 cm³/mol. The molecule has 7 heteroatoms. The van der Waals surface area contributed by atoms with E-state index in [0.717, 1.165) is 16.3 Å². The second-order valence-corrected chi connectivity index (χ2v) is 6.95. The first-order chi connectivity index (χ1) is 10.3. The molecule has 22 heavy (non-hydrogen) atoms. The van der Waals surface area contributed by atoms with Crippen molar-refractivity contribution in [3.8, 4) is 10.6 Å². The van der Waals surface area contributed by atoms with Gasteiger partial charge in [0.1, 0.15) is 15.8 Å². The first-order valence-corrected chi connectivity index (χ1v) is 8.28. The topological polar surface area (TPSA) is 78.3 Å². The zero-order valence-electron chi connectivity index (χ0n) is 12.8. The third-order valence-electron chi connectivity index (χ3n) is 3.20. The van der Waals surface area contributed by atoms with E-state index in [9.17, 15) is 5.11 Å². The molecular formula is C15H20ClN3O2S. The van der Waals surface area contributed by atoms with E-state index in [1.165, 1.54) is 11.3 Å². The van der Waals surface area contributed by atoms with Crippen LogP contribution in [-0.4, -0.2) is 32.8 Å². The van der Waals surface area contributed by atoms with E-state index in [2.05, 4.69) is 15.3 Å². The van der Waals surface area contributed by atoms with Crippen molar-refractivity contribution in [2.24, 2.45) is 0 Å². The smallest absolute Gasteiger partial charge is 0.131 e. The van der Waals surface area contributed by atoms with Crippen LogP contribution in [0.5, 0.6) is 0 Å². The van der Waals surface area contributed by atoms with Gasteiger partial charge >= 0.3 is 0 Å². The van der Waals surface area contributed by atoms with Crippen molar-refractivity contribution in [1.82, 2.24) is 9.97 Å². The number of nitrogens with one attached hydrogen (secondary N) is 1. The number of nitrogens with zero attached hydrogens (tertiary/aromatic N) is 2. The van der Waals surface area contributed by atoms with Crippen LogP contribution in [0.1, 0.15) is 32.9 Å². The third kappa shape index (κ3) is 4.16. The Morgan fingerprint density at radius 1 is 1.45 bits per heavy atom. The fourth-order valence-electron chi connectivity index (χ4n) is 1.93. The van der Waals surface area contributed by atoms with Crippen LogP contribution in [0.3, 0.4) is 0 Å². The maximum absolute atomic E-state index is 10.0. The highest BCUT2D eigenvalue weighted by atomic mass is 35.5. The Balaban J connectivity index is 2.36. The van der Waals surface area contributed by atoms with Gasteiger partial charge in [0, 0.05) is 29.9 Å². The third-order valence-corrected chi connectivity index (χ3v) is 4.28. The van der Waals surface area contributed by atoms with Crippen LogP contribution < -0.4 is 5.32 Å². The zero-order valence-corrected chi connectivity index (χ0v) is 14.4. The molecule has 0 aliphatic heterocycles. The molecule has 0 radical (unpaired) electrons. The van der Waals surface area contributed by atoms with Crippen molar-refractivity contribution in [2.45, 2.75) is 38.8 Å². The Labute approximate surface area is 139 Å². The molecule has 2 rings (SSSR count). The number of hydrogen-bond donors (Lipinski definition) is 3. The molecule has 0 aliphatic rings. The summed E-state index contributed by atoms with van der Waals surface area (Å²) in [6.45, 7) is 5.50. The van der Waals surface area contributed by atoms with E-state index in [1.54, 1.807) is 26.1 Å². The maximum Gasteiger partial charge on any atom is 0.131 e. The van der Waals surface area contributed by atoms with Crippen LogP contribution in [0.4, 0.5) is 5.69 Å². The van der Waals surface area contributed by atoms with Crippen molar-refractivity contribution in [2.75, 3.05) is 11.9 Å².